The highest BCUT2D eigenvalue weighted by Crippen LogP contribution is 2.21. The molecule has 1 aromatic rings. The third-order valence-corrected chi connectivity index (χ3v) is 4.11. The molecule has 2 rings (SSSR count). The maximum Gasteiger partial charge on any atom is 0.222 e. The van der Waals surface area contributed by atoms with Crippen LogP contribution in [0.4, 0.5) is 0 Å². The van der Waals surface area contributed by atoms with E-state index in [1.165, 1.54) is 0 Å². The maximum atomic E-state index is 12.0. The van der Waals surface area contributed by atoms with E-state index in [0.29, 0.717) is 26.0 Å². The molecule has 1 heterocycles. The average Bonchev–Trinajstić information content (AvgIpc) is 2.47. The summed E-state index contributed by atoms with van der Waals surface area (Å²) in [4.78, 5) is 13.7. The van der Waals surface area contributed by atoms with Gasteiger partial charge in [0.1, 0.15) is 5.75 Å². The molecular weight excluding hydrogens is 290 g/mol. The minimum absolute atomic E-state index is 0.102. The first-order valence-corrected chi connectivity index (χ1v) is 7.79. The fourth-order valence-electron chi connectivity index (χ4n) is 2.46. The summed E-state index contributed by atoms with van der Waals surface area (Å²) in [6.45, 7) is 3.66. The Labute approximate surface area is 130 Å². The van der Waals surface area contributed by atoms with Crippen LogP contribution < -0.4 is 4.74 Å². The molecule has 1 saturated heterocycles. The van der Waals surface area contributed by atoms with Crippen molar-refractivity contribution in [2.24, 2.45) is 0 Å². The lowest BCUT2D eigenvalue weighted by Gasteiger charge is -2.30. The smallest absolute Gasteiger partial charge is 0.222 e. The number of aliphatic hydroxyl groups excluding tert-OH is 1. The molecule has 0 bridgehead atoms. The zero-order valence-corrected chi connectivity index (χ0v) is 13.1. The van der Waals surface area contributed by atoms with Gasteiger partial charge in [-0.25, -0.2) is 0 Å². The minimum Gasteiger partial charge on any atom is -0.494 e. The van der Waals surface area contributed by atoms with E-state index in [-0.39, 0.29) is 12.0 Å². The monoisotopic (exact) mass is 311 g/mol. The summed E-state index contributed by atoms with van der Waals surface area (Å²) < 4.78 is 5.62. The SMILES string of the molecule is Cc1cc(OCCCC(=O)N2CCCC(O)C2)ccc1Cl. The number of β-amino-alcohol motifs (C(OH)–C–C–N with tert-alkyl or cyclic N) is 1. The zero-order valence-electron chi connectivity index (χ0n) is 12.3. The fraction of sp³-hybridized carbons (Fsp3) is 0.562. The van der Waals surface area contributed by atoms with Crippen molar-refractivity contribution in [3.63, 3.8) is 0 Å². The third kappa shape index (κ3) is 4.90. The maximum absolute atomic E-state index is 12.0. The number of hydrogen-bond donors (Lipinski definition) is 1. The van der Waals surface area contributed by atoms with Crippen LogP contribution >= 0.6 is 11.6 Å². The summed E-state index contributed by atoms with van der Waals surface area (Å²) in [5.41, 5.74) is 0.979. The molecule has 0 aliphatic carbocycles. The van der Waals surface area contributed by atoms with E-state index in [4.69, 9.17) is 16.3 Å². The molecule has 1 fully saturated rings. The number of aryl methyl sites for hydroxylation is 1. The van der Waals surface area contributed by atoms with Gasteiger partial charge in [-0.15, -0.1) is 0 Å². The molecule has 1 unspecified atom stereocenters. The van der Waals surface area contributed by atoms with Gasteiger partial charge in [0.2, 0.25) is 5.91 Å². The Hall–Kier alpha value is -1.26. The first-order valence-electron chi connectivity index (χ1n) is 7.41. The van der Waals surface area contributed by atoms with Gasteiger partial charge < -0.3 is 14.7 Å². The number of benzene rings is 1. The Bertz CT molecular complexity index is 492. The quantitative estimate of drug-likeness (QED) is 0.851. The molecule has 1 atom stereocenters. The average molecular weight is 312 g/mol. The number of aliphatic hydroxyl groups is 1. The number of nitrogens with zero attached hydrogens (tertiary/aromatic N) is 1. The molecule has 1 aliphatic rings. The van der Waals surface area contributed by atoms with Gasteiger partial charge in [-0.05, 0) is 49.9 Å². The lowest BCUT2D eigenvalue weighted by molar-refractivity contribution is -0.134. The minimum atomic E-state index is -0.365. The predicted molar refractivity (Wildman–Crippen MR) is 82.7 cm³/mol. The normalized spacial score (nSPS) is 18.6. The first-order chi connectivity index (χ1) is 10.1. The molecule has 0 radical (unpaired) electrons. The second kappa shape index (κ2) is 7.66. The molecule has 1 aromatic carbocycles. The first kappa shape index (κ1) is 16.1. The Morgan fingerprint density at radius 1 is 1.52 bits per heavy atom. The van der Waals surface area contributed by atoms with Crippen LogP contribution in [0.2, 0.25) is 5.02 Å². The van der Waals surface area contributed by atoms with Crippen molar-refractivity contribution in [2.75, 3.05) is 19.7 Å². The van der Waals surface area contributed by atoms with E-state index in [1.807, 2.05) is 25.1 Å². The third-order valence-electron chi connectivity index (χ3n) is 3.68. The lowest BCUT2D eigenvalue weighted by atomic mass is 10.1. The highest BCUT2D eigenvalue weighted by molar-refractivity contribution is 6.31. The van der Waals surface area contributed by atoms with Gasteiger partial charge in [0, 0.05) is 24.5 Å². The second-order valence-corrected chi connectivity index (χ2v) is 5.91. The van der Waals surface area contributed by atoms with Crippen LogP contribution in [0.3, 0.4) is 0 Å². The van der Waals surface area contributed by atoms with Crippen molar-refractivity contribution >= 4 is 17.5 Å². The van der Waals surface area contributed by atoms with Crippen molar-refractivity contribution in [3.8, 4) is 5.75 Å². The summed E-state index contributed by atoms with van der Waals surface area (Å²) >= 11 is 5.96. The van der Waals surface area contributed by atoms with Gasteiger partial charge >= 0.3 is 0 Å². The van der Waals surface area contributed by atoms with Crippen molar-refractivity contribution in [1.82, 2.24) is 4.90 Å². The van der Waals surface area contributed by atoms with Crippen molar-refractivity contribution in [1.29, 1.82) is 0 Å². The van der Waals surface area contributed by atoms with Crippen LogP contribution in [0.5, 0.6) is 5.75 Å². The summed E-state index contributed by atoms with van der Waals surface area (Å²) in [5.74, 6) is 0.877. The fourth-order valence-corrected chi connectivity index (χ4v) is 2.58. The molecule has 5 heteroatoms. The zero-order chi connectivity index (χ0) is 15.2. The molecule has 0 saturated carbocycles. The largest absolute Gasteiger partial charge is 0.494 e. The molecule has 1 N–H and O–H groups in total. The standard InChI is InChI=1S/C16H22ClNO3/c1-12-10-14(6-7-15(12)17)21-9-3-5-16(20)18-8-2-4-13(19)11-18/h6-7,10,13,19H,2-5,8-9,11H2,1H3. The van der Waals surface area contributed by atoms with E-state index in [1.54, 1.807) is 4.90 Å². The number of ether oxygens (including phenoxy) is 1. The van der Waals surface area contributed by atoms with Crippen LogP contribution in [0.15, 0.2) is 18.2 Å². The molecule has 1 aliphatic heterocycles. The number of hydrogen-bond acceptors (Lipinski definition) is 3. The summed E-state index contributed by atoms with van der Waals surface area (Å²) in [6, 6.07) is 5.54. The lowest BCUT2D eigenvalue weighted by Crippen LogP contribution is -2.42. The molecule has 0 spiro atoms. The Kier molecular flexibility index (Phi) is 5.88. The van der Waals surface area contributed by atoms with Gasteiger partial charge in [0.25, 0.3) is 0 Å². The van der Waals surface area contributed by atoms with Gasteiger partial charge in [-0.2, -0.15) is 0 Å². The summed E-state index contributed by atoms with van der Waals surface area (Å²) in [7, 11) is 0. The molecule has 21 heavy (non-hydrogen) atoms. The number of rotatable bonds is 5. The Morgan fingerprint density at radius 3 is 3.05 bits per heavy atom. The highest BCUT2D eigenvalue weighted by Gasteiger charge is 2.21. The highest BCUT2D eigenvalue weighted by atomic mass is 35.5. The van der Waals surface area contributed by atoms with E-state index in [9.17, 15) is 9.90 Å². The number of carbonyl (C=O) groups is 1. The number of amides is 1. The van der Waals surface area contributed by atoms with Crippen LogP contribution in [0, 0.1) is 6.92 Å². The van der Waals surface area contributed by atoms with Crippen LogP contribution in [-0.4, -0.2) is 41.7 Å². The number of carbonyl (C=O) groups excluding carboxylic acids is 1. The number of piperidine rings is 1. The van der Waals surface area contributed by atoms with E-state index in [0.717, 1.165) is 35.7 Å². The molecule has 4 nitrogen and oxygen atoms in total. The summed E-state index contributed by atoms with van der Waals surface area (Å²) in [6.07, 6.45) is 2.44. The van der Waals surface area contributed by atoms with Crippen molar-refractivity contribution < 1.29 is 14.6 Å². The topological polar surface area (TPSA) is 49.8 Å². The van der Waals surface area contributed by atoms with E-state index < -0.39 is 0 Å². The van der Waals surface area contributed by atoms with Crippen LogP contribution in [0.1, 0.15) is 31.2 Å². The Balaban J connectivity index is 1.69. The molecule has 1 amide bonds. The van der Waals surface area contributed by atoms with Crippen molar-refractivity contribution in [2.45, 2.75) is 38.7 Å². The Morgan fingerprint density at radius 2 is 2.33 bits per heavy atom. The van der Waals surface area contributed by atoms with E-state index >= 15 is 0 Å². The molecule has 0 aromatic heterocycles. The molecule has 116 valence electrons. The van der Waals surface area contributed by atoms with Crippen LogP contribution in [-0.2, 0) is 4.79 Å². The van der Waals surface area contributed by atoms with E-state index in [2.05, 4.69) is 0 Å². The van der Waals surface area contributed by atoms with Gasteiger partial charge in [-0.1, -0.05) is 11.6 Å². The van der Waals surface area contributed by atoms with Crippen LogP contribution in [0.25, 0.3) is 0 Å². The van der Waals surface area contributed by atoms with Gasteiger partial charge in [-0.3, -0.25) is 4.79 Å². The summed E-state index contributed by atoms with van der Waals surface area (Å²) in [5, 5.41) is 10.3. The number of halogens is 1. The van der Waals surface area contributed by atoms with Crippen molar-refractivity contribution in [3.05, 3.63) is 28.8 Å². The number of likely N-dealkylation sites (tertiary alicyclic amines) is 1. The van der Waals surface area contributed by atoms with Gasteiger partial charge in [0.05, 0.1) is 12.7 Å². The predicted octanol–water partition coefficient (Wildman–Crippen LogP) is 2.79. The van der Waals surface area contributed by atoms with Gasteiger partial charge in [0.15, 0.2) is 0 Å². The molecular formula is C16H22ClNO3. The second-order valence-electron chi connectivity index (χ2n) is 5.50.